The zero-order chi connectivity index (χ0) is 9.68. The summed E-state index contributed by atoms with van der Waals surface area (Å²) >= 11 is 0. The maximum absolute atomic E-state index is 11.3. The lowest BCUT2D eigenvalue weighted by Crippen LogP contribution is -2.42. The van der Waals surface area contributed by atoms with E-state index in [2.05, 4.69) is 15.4 Å². The third-order valence-corrected chi connectivity index (χ3v) is 2.01. The molecule has 1 aliphatic heterocycles. The summed E-state index contributed by atoms with van der Waals surface area (Å²) in [5.41, 5.74) is 0. The third-order valence-electron chi connectivity index (χ3n) is 2.01. The Hall–Kier alpha value is -1.10. The Kier molecular flexibility index (Phi) is 3.70. The molecule has 2 N–H and O–H groups in total. The van der Waals surface area contributed by atoms with Gasteiger partial charge in [0.2, 0.25) is 5.91 Å². The number of esters is 1. The van der Waals surface area contributed by atoms with Crippen LogP contribution in [0, 0.1) is 0 Å². The van der Waals surface area contributed by atoms with E-state index in [1.165, 1.54) is 7.11 Å². The average Bonchev–Trinajstić information content (AvgIpc) is 2.66. The minimum Gasteiger partial charge on any atom is -0.468 e. The van der Waals surface area contributed by atoms with E-state index in [0.717, 1.165) is 19.4 Å². The molecule has 0 radical (unpaired) electrons. The van der Waals surface area contributed by atoms with Gasteiger partial charge in [0, 0.05) is 0 Å². The van der Waals surface area contributed by atoms with Gasteiger partial charge in [-0.15, -0.1) is 0 Å². The summed E-state index contributed by atoms with van der Waals surface area (Å²) in [5.74, 6) is -0.547. The van der Waals surface area contributed by atoms with Gasteiger partial charge < -0.3 is 15.4 Å². The molecule has 1 heterocycles. The van der Waals surface area contributed by atoms with E-state index in [1.807, 2.05) is 0 Å². The Bertz CT molecular complexity index is 200. The van der Waals surface area contributed by atoms with E-state index in [0.29, 0.717) is 0 Å². The zero-order valence-electron chi connectivity index (χ0n) is 7.63. The van der Waals surface area contributed by atoms with Crippen molar-refractivity contribution in [1.29, 1.82) is 0 Å². The molecule has 0 saturated carbocycles. The highest BCUT2D eigenvalue weighted by atomic mass is 16.5. The quantitative estimate of drug-likeness (QED) is 0.556. The molecule has 1 saturated heterocycles. The van der Waals surface area contributed by atoms with Gasteiger partial charge in [0.15, 0.2) is 0 Å². The largest absolute Gasteiger partial charge is 0.468 e. The van der Waals surface area contributed by atoms with Crippen molar-refractivity contribution in [2.24, 2.45) is 0 Å². The molecule has 1 fully saturated rings. The smallest absolute Gasteiger partial charge is 0.325 e. The molecule has 5 heteroatoms. The fraction of sp³-hybridized carbons (Fsp3) is 0.750. The summed E-state index contributed by atoms with van der Waals surface area (Å²) in [6.45, 7) is 0.823. The normalized spacial score (nSPS) is 21.2. The third kappa shape index (κ3) is 3.02. The molecular formula is C8H14N2O3. The van der Waals surface area contributed by atoms with Crippen molar-refractivity contribution < 1.29 is 14.3 Å². The lowest BCUT2D eigenvalue weighted by molar-refractivity contribution is -0.141. The van der Waals surface area contributed by atoms with E-state index in [-0.39, 0.29) is 18.5 Å². The van der Waals surface area contributed by atoms with Crippen molar-refractivity contribution in [2.45, 2.75) is 18.9 Å². The minimum atomic E-state index is -0.425. The van der Waals surface area contributed by atoms with Crippen molar-refractivity contribution in [2.75, 3.05) is 20.2 Å². The molecule has 0 aromatic carbocycles. The van der Waals surface area contributed by atoms with Gasteiger partial charge in [0.1, 0.15) is 6.54 Å². The van der Waals surface area contributed by atoms with Gasteiger partial charge in [-0.2, -0.15) is 0 Å². The van der Waals surface area contributed by atoms with Gasteiger partial charge in [-0.05, 0) is 19.4 Å². The Balaban J connectivity index is 2.20. The van der Waals surface area contributed by atoms with Crippen LogP contribution in [-0.2, 0) is 14.3 Å². The highest BCUT2D eigenvalue weighted by molar-refractivity contribution is 5.85. The van der Waals surface area contributed by atoms with Crippen LogP contribution in [0.1, 0.15) is 12.8 Å². The minimum absolute atomic E-state index is 0.0481. The van der Waals surface area contributed by atoms with E-state index in [9.17, 15) is 9.59 Å². The van der Waals surface area contributed by atoms with Crippen molar-refractivity contribution in [3.05, 3.63) is 0 Å². The Morgan fingerprint density at radius 3 is 2.92 bits per heavy atom. The number of hydrogen-bond acceptors (Lipinski definition) is 4. The van der Waals surface area contributed by atoms with E-state index in [1.54, 1.807) is 0 Å². The second-order valence-corrected chi connectivity index (χ2v) is 2.94. The molecule has 0 spiro atoms. The lowest BCUT2D eigenvalue weighted by atomic mass is 10.2. The number of hydrogen-bond donors (Lipinski definition) is 2. The van der Waals surface area contributed by atoms with E-state index in [4.69, 9.17) is 0 Å². The maximum Gasteiger partial charge on any atom is 0.325 e. The van der Waals surface area contributed by atoms with E-state index < -0.39 is 5.97 Å². The number of ether oxygens (including phenoxy) is 1. The Morgan fingerprint density at radius 1 is 1.62 bits per heavy atom. The van der Waals surface area contributed by atoms with Crippen LogP contribution in [0.3, 0.4) is 0 Å². The molecule has 74 valence electrons. The summed E-state index contributed by atoms with van der Waals surface area (Å²) < 4.78 is 4.39. The molecule has 0 bridgehead atoms. The molecule has 0 aromatic heterocycles. The second kappa shape index (κ2) is 4.81. The Morgan fingerprint density at radius 2 is 2.38 bits per heavy atom. The van der Waals surface area contributed by atoms with Crippen LogP contribution in [0.15, 0.2) is 0 Å². The van der Waals surface area contributed by atoms with Gasteiger partial charge >= 0.3 is 5.97 Å². The molecule has 1 aliphatic rings. The first-order valence-corrected chi connectivity index (χ1v) is 4.32. The predicted octanol–water partition coefficient (Wildman–Crippen LogP) is -0.972. The van der Waals surface area contributed by atoms with E-state index >= 15 is 0 Å². The zero-order valence-corrected chi connectivity index (χ0v) is 7.63. The fourth-order valence-electron chi connectivity index (χ4n) is 1.26. The number of nitrogens with one attached hydrogen (secondary N) is 2. The number of carbonyl (C=O) groups excluding carboxylic acids is 2. The van der Waals surface area contributed by atoms with Gasteiger partial charge in [0.25, 0.3) is 0 Å². The lowest BCUT2D eigenvalue weighted by Gasteiger charge is -2.09. The summed E-state index contributed by atoms with van der Waals surface area (Å²) in [5, 5.41) is 5.53. The van der Waals surface area contributed by atoms with Crippen molar-refractivity contribution >= 4 is 11.9 Å². The predicted molar refractivity (Wildman–Crippen MR) is 46.1 cm³/mol. The monoisotopic (exact) mass is 186 g/mol. The van der Waals surface area contributed by atoms with Gasteiger partial charge in [-0.3, -0.25) is 9.59 Å². The first-order chi connectivity index (χ1) is 6.24. The van der Waals surface area contributed by atoms with Crippen molar-refractivity contribution in [3.8, 4) is 0 Å². The summed E-state index contributed by atoms with van der Waals surface area (Å²) in [6.07, 6.45) is 1.85. The molecular weight excluding hydrogens is 172 g/mol. The summed E-state index contributed by atoms with van der Waals surface area (Å²) in [4.78, 5) is 22.0. The standard InChI is InChI=1S/C8H14N2O3/c1-13-7(11)5-10-8(12)6-3-2-4-9-6/h6,9H,2-5H2,1H3,(H,10,12). The SMILES string of the molecule is COC(=O)CNC(=O)C1CCCN1. The first-order valence-electron chi connectivity index (χ1n) is 4.32. The van der Waals surface area contributed by atoms with Crippen LogP contribution in [0.25, 0.3) is 0 Å². The second-order valence-electron chi connectivity index (χ2n) is 2.94. The summed E-state index contributed by atoms with van der Waals surface area (Å²) in [6, 6.07) is -0.135. The molecule has 5 nitrogen and oxygen atoms in total. The number of carbonyl (C=O) groups is 2. The molecule has 1 amide bonds. The van der Waals surface area contributed by atoms with Crippen LogP contribution in [0.5, 0.6) is 0 Å². The first kappa shape index (κ1) is 9.98. The van der Waals surface area contributed by atoms with Crippen LogP contribution in [0.2, 0.25) is 0 Å². The highest BCUT2D eigenvalue weighted by Crippen LogP contribution is 2.03. The van der Waals surface area contributed by atoms with Crippen LogP contribution in [0.4, 0.5) is 0 Å². The van der Waals surface area contributed by atoms with Crippen molar-refractivity contribution in [3.63, 3.8) is 0 Å². The van der Waals surface area contributed by atoms with Crippen LogP contribution < -0.4 is 10.6 Å². The molecule has 0 aliphatic carbocycles. The molecule has 13 heavy (non-hydrogen) atoms. The molecule has 1 unspecified atom stereocenters. The molecule has 0 aromatic rings. The maximum atomic E-state index is 11.3. The number of amides is 1. The molecule has 1 atom stereocenters. The van der Waals surface area contributed by atoms with Crippen LogP contribution in [-0.4, -0.2) is 38.1 Å². The average molecular weight is 186 g/mol. The van der Waals surface area contributed by atoms with Crippen molar-refractivity contribution in [1.82, 2.24) is 10.6 Å². The topological polar surface area (TPSA) is 67.4 Å². The van der Waals surface area contributed by atoms with Gasteiger partial charge in [-0.25, -0.2) is 0 Å². The number of rotatable bonds is 3. The highest BCUT2D eigenvalue weighted by Gasteiger charge is 2.21. The number of methoxy groups -OCH3 is 1. The van der Waals surface area contributed by atoms with Crippen LogP contribution >= 0.6 is 0 Å². The van der Waals surface area contributed by atoms with Gasteiger partial charge in [-0.1, -0.05) is 0 Å². The fourth-order valence-corrected chi connectivity index (χ4v) is 1.26. The Labute approximate surface area is 76.8 Å². The van der Waals surface area contributed by atoms with Gasteiger partial charge in [0.05, 0.1) is 13.2 Å². The molecule has 1 rings (SSSR count). The summed E-state index contributed by atoms with van der Waals surface area (Å²) in [7, 11) is 1.29.